The van der Waals surface area contributed by atoms with Crippen LogP contribution in [0.25, 0.3) is 21.5 Å². The molecular weight excluding hydrogens is 484 g/mol. The van der Waals surface area contributed by atoms with Crippen LogP contribution in [0, 0.1) is 0 Å². The number of rotatable bonds is 13. The third-order valence-corrected chi connectivity index (χ3v) is 8.57. The fraction of sp³-hybridized carbons (Fsp3) is 0.588. The molecule has 0 unspecified atom stereocenters. The van der Waals surface area contributed by atoms with Gasteiger partial charge < -0.3 is 13.3 Å². The van der Waals surface area contributed by atoms with E-state index in [1.54, 1.807) is 11.1 Å². The Morgan fingerprint density at radius 1 is 0.553 bits per heavy atom. The molecule has 0 bridgehead atoms. The van der Waals surface area contributed by atoms with Gasteiger partial charge in [-0.3, -0.25) is 0 Å². The van der Waals surface area contributed by atoms with E-state index in [0.29, 0.717) is 19.8 Å². The van der Waals surface area contributed by atoms with Crippen LogP contribution < -0.4 is 0 Å². The molecule has 1 aliphatic rings. The maximum Gasteiger partial charge on any atom is 0.577 e. The normalized spacial score (nSPS) is 12.6. The molecule has 0 aromatic heterocycles. The Labute approximate surface area is 235 Å². The highest BCUT2D eigenvalue weighted by Gasteiger charge is 2.15. The number of aryl methyl sites for hydroxylation is 2. The van der Waals surface area contributed by atoms with Gasteiger partial charge in [0.05, 0.1) is 0 Å². The van der Waals surface area contributed by atoms with Crippen molar-refractivity contribution in [3.63, 3.8) is 0 Å². The van der Waals surface area contributed by atoms with Gasteiger partial charge in [0.2, 0.25) is 0 Å². The van der Waals surface area contributed by atoms with Crippen LogP contribution in [0.5, 0.6) is 0 Å². The summed E-state index contributed by atoms with van der Waals surface area (Å²) < 4.78 is 15.5. The number of benzene rings is 3. The maximum atomic E-state index is 5.18. The van der Waals surface area contributed by atoms with Crippen LogP contribution in [0.2, 0.25) is 0 Å². The lowest BCUT2D eigenvalue weighted by atomic mass is 9.86. The largest absolute Gasteiger partial charge is 0.577 e. The van der Waals surface area contributed by atoms with E-state index < -0.39 is 9.53 Å². The van der Waals surface area contributed by atoms with E-state index in [1.165, 1.54) is 98.6 Å². The SMILES string of the molecule is CCCCCCCCCC.CCO[Si](OCC)OCC.c1ccc2c(c1)ccc1c3c(ccc12)CCCC3. The number of hydrogen-bond acceptors (Lipinski definition) is 3. The molecule has 0 spiro atoms. The maximum absolute atomic E-state index is 5.18. The molecular formula is C34H53O3Si. The van der Waals surface area contributed by atoms with Crippen LogP contribution in [0.1, 0.15) is 110 Å². The van der Waals surface area contributed by atoms with Crippen LogP contribution in [0.15, 0.2) is 48.5 Å². The van der Waals surface area contributed by atoms with Crippen molar-refractivity contribution in [1.29, 1.82) is 0 Å². The summed E-state index contributed by atoms with van der Waals surface area (Å²) in [6, 6.07) is 18.0. The molecule has 4 heteroatoms. The van der Waals surface area contributed by atoms with Gasteiger partial charge in [-0.15, -0.1) is 0 Å². The Hall–Kier alpha value is -1.72. The van der Waals surface area contributed by atoms with Gasteiger partial charge in [0.15, 0.2) is 0 Å². The molecule has 4 rings (SSSR count). The van der Waals surface area contributed by atoms with Crippen LogP contribution in [-0.2, 0) is 26.1 Å². The van der Waals surface area contributed by atoms with Gasteiger partial charge in [-0.05, 0) is 79.1 Å². The highest BCUT2D eigenvalue weighted by atomic mass is 28.3. The first-order valence-corrected chi connectivity index (χ1v) is 16.6. The molecule has 0 amide bonds. The molecule has 0 heterocycles. The second-order valence-electron chi connectivity index (χ2n) is 9.96. The van der Waals surface area contributed by atoms with Gasteiger partial charge in [-0.25, -0.2) is 0 Å². The summed E-state index contributed by atoms with van der Waals surface area (Å²) in [7, 11) is -1.40. The first-order chi connectivity index (χ1) is 18.7. The standard InChI is InChI=1S/C18H16.C10H22.C6H15O3Si/c1-3-7-15-13(5-1)9-11-18-16-8-4-2-6-14(16)10-12-17(15)18;1-3-5-7-9-10-8-6-4-2;1-4-7-10(8-5-2)9-6-3/h1,3,5,7,9-12H,2,4,6,8H2;3-10H2,1-2H3;4-6H2,1-3H3. The lowest BCUT2D eigenvalue weighted by molar-refractivity contribution is 0.107. The molecule has 0 fully saturated rings. The topological polar surface area (TPSA) is 27.7 Å². The summed E-state index contributed by atoms with van der Waals surface area (Å²) in [4.78, 5) is 0. The molecule has 1 aliphatic carbocycles. The lowest BCUT2D eigenvalue weighted by Gasteiger charge is -2.18. The van der Waals surface area contributed by atoms with E-state index in [1.807, 2.05) is 20.8 Å². The van der Waals surface area contributed by atoms with Gasteiger partial charge in [-0.2, -0.15) is 0 Å². The molecule has 1 radical (unpaired) electrons. The Morgan fingerprint density at radius 2 is 1.11 bits per heavy atom. The van der Waals surface area contributed by atoms with Gasteiger partial charge >= 0.3 is 9.53 Å². The Morgan fingerprint density at radius 3 is 1.71 bits per heavy atom. The monoisotopic (exact) mass is 537 g/mol. The summed E-state index contributed by atoms with van der Waals surface area (Å²) in [5.74, 6) is 0. The molecule has 3 aromatic carbocycles. The summed E-state index contributed by atoms with van der Waals surface area (Å²) >= 11 is 0. The zero-order valence-electron chi connectivity index (χ0n) is 25.0. The van der Waals surface area contributed by atoms with Crippen LogP contribution in [0.4, 0.5) is 0 Å². The minimum atomic E-state index is -1.40. The molecule has 0 atom stereocenters. The highest BCUT2D eigenvalue weighted by molar-refractivity contribution is 6.36. The molecule has 0 N–H and O–H groups in total. The Balaban J connectivity index is 0.000000220. The third-order valence-electron chi connectivity index (χ3n) is 7.00. The third kappa shape index (κ3) is 11.2. The van der Waals surface area contributed by atoms with Crippen molar-refractivity contribution >= 4 is 31.1 Å². The Kier molecular flexibility index (Phi) is 17.3. The van der Waals surface area contributed by atoms with Gasteiger partial charge in [0, 0.05) is 19.8 Å². The van der Waals surface area contributed by atoms with Gasteiger partial charge in [0.1, 0.15) is 0 Å². The van der Waals surface area contributed by atoms with Crippen molar-refractivity contribution < 1.29 is 13.3 Å². The zero-order valence-corrected chi connectivity index (χ0v) is 26.0. The summed E-state index contributed by atoms with van der Waals surface area (Å²) in [6.45, 7) is 12.3. The van der Waals surface area contributed by atoms with E-state index in [4.69, 9.17) is 13.3 Å². The quantitative estimate of drug-likeness (QED) is 0.123. The van der Waals surface area contributed by atoms with E-state index in [2.05, 4.69) is 62.4 Å². The lowest BCUT2D eigenvalue weighted by Crippen LogP contribution is -2.27. The van der Waals surface area contributed by atoms with Gasteiger partial charge in [-0.1, -0.05) is 114 Å². The molecule has 0 aliphatic heterocycles. The van der Waals surface area contributed by atoms with Crippen LogP contribution in [-0.4, -0.2) is 29.3 Å². The highest BCUT2D eigenvalue weighted by Crippen LogP contribution is 2.33. The minimum absolute atomic E-state index is 0.661. The number of unbranched alkanes of at least 4 members (excludes halogenated alkanes) is 7. The summed E-state index contributed by atoms with van der Waals surface area (Å²) in [5, 5.41) is 5.64. The van der Waals surface area contributed by atoms with E-state index >= 15 is 0 Å². The molecule has 38 heavy (non-hydrogen) atoms. The molecule has 211 valence electrons. The number of fused-ring (bicyclic) bond motifs is 5. The van der Waals surface area contributed by atoms with Crippen molar-refractivity contribution in [3.8, 4) is 0 Å². The number of hydrogen-bond donors (Lipinski definition) is 0. The second kappa shape index (κ2) is 20.2. The molecule has 3 aromatic rings. The fourth-order valence-electron chi connectivity index (χ4n) is 5.03. The van der Waals surface area contributed by atoms with E-state index in [0.717, 1.165) is 0 Å². The summed E-state index contributed by atoms with van der Waals surface area (Å²) in [6.07, 6.45) is 16.7. The van der Waals surface area contributed by atoms with Crippen molar-refractivity contribution in [3.05, 3.63) is 59.7 Å². The predicted octanol–water partition coefficient (Wildman–Crippen LogP) is 10.1. The smallest absolute Gasteiger partial charge is 0.371 e. The average molecular weight is 538 g/mol. The van der Waals surface area contributed by atoms with Crippen molar-refractivity contribution in [1.82, 2.24) is 0 Å². The van der Waals surface area contributed by atoms with Crippen LogP contribution >= 0.6 is 0 Å². The first kappa shape index (κ1) is 32.5. The van der Waals surface area contributed by atoms with E-state index in [-0.39, 0.29) is 0 Å². The van der Waals surface area contributed by atoms with Crippen molar-refractivity contribution in [2.45, 2.75) is 112 Å². The molecule has 3 nitrogen and oxygen atoms in total. The predicted molar refractivity (Wildman–Crippen MR) is 167 cm³/mol. The average Bonchev–Trinajstić information content (AvgIpc) is 2.96. The van der Waals surface area contributed by atoms with Crippen molar-refractivity contribution in [2.75, 3.05) is 19.8 Å². The fourth-order valence-corrected chi connectivity index (χ4v) is 5.99. The minimum Gasteiger partial charge on any atom is -0.371 e. The van der Waals surface area contributed by atoms with Crippen molar-refractivity contribution in [2.24, 2.45) is 0 Å². The zero-order chi connectivity index (χ0) is 27.4. The second-order valence-corrected chi connectivity index (χ2v) is 11.3. The van der Waals surface area contributed by atoms with Gasteiger partial charge in [0.25, 0.3) is 0 Å². The molecule has 0 saturated carbocycles. The first-order valence-electron chi connectivity index (χ1n) is 15.4. The Bertz CT molecular complexity index is 997. The van der Waals surface area contributed by atoms with Crippen LogP contribution in [0.3, 0.4) is 0 Å². The molecule has 0 saturated heterocycles. The summed E-state index contributed by atoms with van der Waals surface area (Å²) in [5.41, 5.74) is 3.17. The van der Waals surface area contributed by atoms with E-state index in [9.17, 15) is 0 Å².